The van der Waals surface area contributed by atoms with Crippen LogP contribution in [0.1, 0.15) is 54.4 Å². The van der Waals surface area contributed by atoms with Crippen LogP contribution >= 0.6 is 24.8 Å². The molecule has 0 unspecified atom stereocenters. The van der Waals surface area contributed by atoms with E-state index in [0.29, 0.717) is 0 Å². The van der Waals surface area contributed by atoms with Crippen molar-refractivity contribution in [2.75, 3.05) is 0 Å². The summed E-state index contributed by atoms with van der Waals surface area (Å²) in [6.45, 7) is 7.22. The van der Waals surface area contributed by atoms with Crippen molar-refractivity contribution in [1.82, 2.24) is 14.9 Å². The Morgan fingerprint density at radius 1 is 1.13 bits per heavy atom. The van der Waals surface area contributed by atoms with Gasteiger partial charge in [-0.2, -0.15) is 0 Å². The largest absolute Gasteiger partial charge is 0.477 e. The highest BCUT2D eigenvalue weighted by molar-refractivity contribution is 5.90. The monoisotopic (exact) mass is 465 g/mol. The number of nitrogens with one attached hydrogen (secondary N) is 2. The Labute approximate surface area is 193 Å². The molecule has 3 N–H and O–H groups in total. The van der Waals surface area contributed by atoms with E-state index >= 15 is 0 Å². The van der Waals surface area contributed by atoms with Gasteiger partial charge < -0.3 is 20.0 Å². The van der Waals surface area contributed by atoms with E-state index in [9.17, 15) is 14.7 Å². The van der Waals surface area contributed by atoms with E-state index in [1.54, 1.807) is 6.07 Å². The summed E-state index contributed by atoms with van der Waals surface area (Å²) in [5.74, 6) is -1.19. The van der Waals surface area contributed by atoms with Crippen molar-refractivity contribution in [3.8, 4) is 11.3 Å². The Bertz CT molecular complexity index is 1190. The van der Waals surface area contributed by atoms with Gasteiger partial charge in [0.25, 0.3) is 5.56 Å². The van der Waals surface area contributed by atoms with Crippen LogP contribution in [0, 0.1) is 0 Å². The van der Waals surface area contributed by atoms with Crippen LogP contribution in [0.15, 0.2) is 29.1 Å². The Balaban J connectivity index is 0.00000171. The van der Waals surface area contributed by atoms with Gasteiger partial charge in [0.2, 0.25) is 0 Å². The zero-order valence-corrected chi connectivity index (χ0v) is 19.8. The summed E-state index contributed by atoms with van der Waals surface area (Å²) in [4.78, 5) is 26.5. The number of halogens is 2. The van der Waals surface area contributed by atoms with Gasteiger partial charge in [0.05, 0.1) is 5.69 Å². The highest BCUT2D eigenvalue weighted by atomic mass is 35.5. The topological polar surface area (TPSA) is 87.1 Å². The molecule has 0 aliphatic heterocycles. The lowest BCUT2D eigenvalue weighted by Gasteiger charge is -2.20. The van der Waals surface area contributed by atoms with Crippen LogP contribution in [0.4, 0.5) is 0 Å². The molecule has 1 aliphatic rings. The number of hydrogen-bond donors (Lipinski definition) is 3. The molecular formula is C23H29Cl2N3O3. The minimum atomic E-state index is -1.19. The first-order valence-corrected chi connectivity index (χ1v) is 10.00. The lowest BCUT2D eigenvalue weighted by atomic mass is 9.99. The van der Waals surface area contributed by atoms with E-state index in [1.165, 1.54) is 16.8 Å². The van der Waals surface area contributed by atoms with E-state index in [4.69, 9.17) is 0 Å². The van der Waals surface area contributed by atoms with Crippen molar-refractivity contribution in [2.24, 2.45) is 7.05 Å². The third-order valence-electron chi connectivity index (χ3n) is 5.68. The van der Waals surface area contributed by atoms with Crippen LogP contribution in [0.5, 0.6) is 0 Å². The van der Waals surface area contributed by atoms with Crippen molar-refractivity contribution in [2.45, 2.75) is 52.1 Å². The molecule has 8 heteroatoms. The van der Waals surface area contributed by atoms with Crippen molar-refractivity contribution in [3.05, 3.63) is 57.0 Å². The van der Waals surface area contributed by atoms with E-state index in [0.717, 1.165) is 48.0 Å². The van der Waals surface area contributed by atoms with Crippen LogP contribution < -0.4 is 10.9 Å². The number of nitrogens with zero attached hydrogens (tertiary/aromatic N) is 1. The molecule has 6 nitrogen and oxygen atoms in total. The van der Waals surface area contributed by atoms with Crippen LogP contribution in [-0.2, 0) is 26.4 Å². The molecule has 0 saturated heterocycles. The summed E-state index contributed by atoms with van der Waals surface area (Å²) >= 11 is 0. The first-order valence-electron chi connectivity index (χ1n) is 10.00. The molecule has 2 aromatic heterocycles. The smallest absolute Gasteiger partial charge is 0.341 e. The Morgan fingerprint density at radius 3 is 2.45 bits per heavy atom. The maximum Gasteiger partial charge on any atom is 0.341 e. The van der Waals surface area contributed by atoms with Crippen LogP contribution in [0.3, 0.4) is 0 Å². The molecular weight excluding hydrogens is 437 g/mol. The molecule has 0 bridgehead atoms. The third-order valence-corrected chi connectivity index (χ3v) is 5.68. The Morgan fingerprint density at radius 2 is 1.81 bits per heavy atom. The molecule has 4 rings (SSSR count). The van der Waals surface area contributed by atoms with Gasteiger partial charge in [-0.1, -0.05) is 0 Å². The first kappa shape index (κ1) is 25.0. The van der Waals surface area contributed by atoms with E-state index in [1.807, 2.05) is 0 Å². The summed E-state index contributed by atoms with van der Waals surface area (Å²) in [6.07, 6.45) is 2.56. The predicted octanol–water partition coefficient (Wildman–Crippen LogP) is 4.45. The molecule has 0 saturated carbocycles. The minimum absolute atomic E-state index is 0. The minimum Gasteiger partial charge on any atom is -0.477 e. The lowest BCUT2D eigenvalue weighted by molar-refractivity contribution is 0.0695. The molecule has 1 aliphatic carbocycles. The zero-order valence-electron chi connectivity index (χ0n) is 18.2. The molecule has 2 heterocycles. The van der Waals surface area contributed by atoms with Gasteiger partial charge in [0, 0.05) is 41.3 Å². The molecule has 0 fully saturated rings. The van der Waals surface area contributed by atoms with Gasteiger partial charge in [-0.05, 0) is 75.4 Å². The number of aromatic nitrogens is 2. The maximum atomic E-state index is 12.3. The summed E-state index contributed by atoms with van der Waals surface area (Å²) in [5, 5.41) is 13.9. The van der Waals surface area contributed by atoms with Gasteiger partial charge in [-0.3, -0.25) is 4.79 Å². The normalized spacial score (nSPS) is 12.9. The second-order valence-electron chi connectivity index (χ2n) is 8.94. The van der Waals surface area contributed by atoms with Crippen molar-refractivity contribution in [3.63, 3.8) is 0 Å². The Hall–Kier alpha value is -2.28. The third kappa shape index (κ3) is 4.81. The van der Waals surface area contributed by atoms with Crippen LogP contribution in [0.25, 0.3) is 22.2 Å². The predicted molar refractivity (Wildman–Crippen MR) is 129 cm³/mol. The molecule has 1 aromatic carbocycles. The van der Waals surface area contributed by atoms with Crippen molar-refractivity contribution < 1.29 is 9.90 Å². The van der Waals surface area contributed by atoms with Gasteiger partial charge in [-0.15, -0.1) is 24.8 Å². The lowest BCUT2D eigenvalue weighted by Crippen LogP contribution is -2.35. The first-order chi connectivity index (χ1) is 13.6. The number of pyridine rings is 1. The number of aryl methyl sites for hydroxylation is 3. The number of H-pyrrole nitrogens is 1. The highest BCUT2D eigenvalue weighted by Gasteiger charge is 2.21. The van der Waals surface area contributed by atoms with E-state index in [2.05, 4.69) is 60.9 Å². The summed E-state index contributed by atoms with van der Waals surface area (Å²) in [6, 6.07) is 8.07. The zero-order chi connectivity index (χ0) is 20.9. The van der Waals surface area contributed by atoms with Gasteiger partial charge in [-0.25, -0.2) is 4.79 Å². The van der Waals surface area contributed by atoms with Crippen molar-refractivity contribution >= 4 is 41.7 Å². The number of aromatic amines is 1. The average Bonchev–Trinajstić information content (AvgIpc) is 2.83. The van der Waals surface area contributed by atoms with Crippen LogP contribution in [0.2, 0.25) is 0 Å². The number of benzene rings is 1. The fourth-order valence-electron chi connectivity index (χ4n) is 4.09. The number of rotatable bonds is 3. The molecule has 3 aromatic rings. The maximum absolute atomic E-state index is 12.3. The Kier molecular flexibility index (Phi) is 7.31. The standard InChI is InChI=1S/C23H27N3O3.2ClH/c1-23(2,3)24-12-16-8-15-10-17-13(11-19(15)26(16)4)6-5-7-14-9-18(22(28)29)21(27)25-20(14)17;;/h8-11,24H,5-7,12H2,1-4H3,(H,25,27)(H,28,29);2*1H. The fraction of sp³-hybridized carbons (Fsp3) is 0.391. The quantitative estimate of drug-likeness (QED) is 0.532. The summed E-state index contributed by atoms with van der Waals surface area (Å²) < 4.78 is 2.22. The number of carboxylic acid groups (broad SMARTS) is 1. The number of aromatic carboxylic acids is 1. The number of carbonyl (C=O) groups is 1. The van der Waals surface area contributed by atoms with Gasteiger partial charge >= 0.3 is 5.97 Å². The number of carboxylic acids is 1. The number of fused-ring (bicyclic) bond motifs is 4. The summed E-state index contributed by atoms with van der Waals surface area (Å²) in [7, 11) is 2.08. The second kappa shape index (κ2) is 9.07. The van der Waals surface area contributed by atoms with Crippen LogP contribution in [-0.4, -0.2) is 26.2 Å². The van der Waals surface area contributed by atoms with Gasteiger partial charge in [0.1, 0.15) is 5.56 Å². The SMILES string of the molecule is Cl.Cl.Cn1c(CNC(C)(C)C)cc2cc3c(cc21)CCCc1cc(C(=O)O)c(=O)[nH]c1-3. The second-order valence-corrected chi connectivity index (χ2v) is 8.94. The number of hydrogen-bond acceptors (Lipinski definition) is 3. The molecule has 31 heavy (non-hydrogen) atoms. The molecule has 168 valence electrons. The average molecular weight is 466 g/mol. The molecule has 0 radical (unpaired) electrons. The highest BCUT2D eigenvalue weighted by Crippen LogP contribution is 2.34. The van der Waals surface area contributed by atoms with E-state index < -0.39 is 11.5 Å². The summed E-state index contributed by atoms with van der Waals surface area (Å²) in [5.41, 5.74) is 5.50. The molecule has 0 atom stereocenters. The fourth-order valence-corrected chi connectivity index (χ4v) is 4.09. The molecule has 0 amide bonds. The van der Waals surface area contributed by atoms with Gasteiger partial charge in [0.15, 0.2) is 0 Å². The van der Waals surface area contributed by atoms with Crippen molar-refractivity contribution in [1.29, 1.82) is 0 Å². The van der Waals surface area contributed by atoms with E-state index in [-0.39, 0.29) is 35.9 Å². The molecule has 0 spiro atoms.